The molecule has 0 aromatic carbocycles. The lowest BCUT2D eigenvalue weighted by Crippen LogP contribution is -2.06. The minimum Gasteiger partial charge on any atom is -0.477 e. The molecule has 0 saturated carbocycles. The van der Waals surface area contributed by atoms with Gasteiger partial charge in [0.1, 0.15) is 0 Å². The summed E-state index contributed by atoms with van der Waals surface area (Å²) in [6.07, 6.45) is -2.94. The largest absolute Gasteiger partial charge is 0.477 e. The molecule has 88 valence electrons. The van der Waals surface area contributed by atoms with Crippen molar-refractivity contribution in [3.8, 4) is 5.88 Å². The van der Waals surface area contributed by atoms with Gasteiger partial charge >= 0.3 is 6.18 Å². The summed E-state index contributed by atoms with van der Waals surface area (Å²) in [4.78, 5) is 3.57. The molecular formula is C11H12F3NO. The average Bonchev–Trinajstić information content (AvgIpc) is 2.16. The highest BCUT2D eigenvalue weighted by Gasteiger charge is 2.30. The fourth-order valence-corrected chi connectivity index (χ4v) is 0.963. The molecule has 5 heteroatoms. The molecule has 1 heterocycles. The van der Waals surface area contributed by atoms with E-state index in [0.717, 1.165) is 17.8 Å². The third kappa shape index (κ3) is 3.92. The van der Waals surface area contributed by atoms with Crippen molar-refractivity contribution in [1.82, 2.24) is 4.98 Å². The minimum atomic E-state index is -4.36. The Hall–Kier alpha value is -1.52. The summed E-state index contributed by atoms with van der Waals surface area (Å²) in [7, 11) is 0. The molecule has 2 nitrogen and oxygen atoms in total. The second kappa shape index (κ2) is 5.01. The van der Waals surface area contributed by atoms with Gasteiger partial charge in [-0.15, -0.1) is 6.58 Å². The molecule has 0 atom stereocenters. The summed E-state index contributed by atoms with van der Waals surface area (Å²) < 4.78 is 41.7. The summed E-state index contributed by atoms with van der Waals surface area (Å²) in [5, 5.41) is 0. The van der Waals surface area contributed by atoms with Crippen LogP contribution in [0.25, 0.3) is 0 Å². The molecule has 0 aliphatic heterocycles. The summed E-state index contributed by atoms with van der Waals surface area (Å²) in [5.74, 6) is 0.189. The second-order valence-corrected chi connectivity index (χ2v) is 3.44. The molecule has 0 unspecified atom stereocenters. The van der Waals surface area contributed by atoms with E-state index in [0.29, 0.717) is 13.0 Å². The van der Waals surface area contributed by atoms with E-state index in [2.05, 4.69) is 11.6 Å². The number of hydrogen-bond acceptors (Lipinski definition) is 2. The maximum Gasteiger partial charge on any atom is 0.417 e. The van der Waals surface area contributed by atoms with Gasteiger partial charge in [-0.05, 0) is 13.0 Å². The molecule has 1 aromatic heterocycles. The molecule has 1 aromatic rings. The summed E-state index contributed by atoms with van der Waals surface area (Å²) in [6.45, 7) is 5.90. The summed E-state index contributed by atoms with van der Waals surface area (Å²) in [5.41, 5.74) is 0.173. The zero-order valence-corrected chi connectivity index (χ0v) is 8.84. The molecule has 0 fully saturated rings. The number of ether oxygens (including phenoxy) is 1. The highest BCUT2D eigenvalue weighted by molar-refractivity contribution is 5.20. The third-order valence-electron chi connectivity index (χ3n) is 1.84. The first-order chi connectivity index (χ1) is 7.39. The van der Waals surface area contributed by atoms with Crippen LogP contribution in [0.3, 0.4) is 0 Å². The lowest BCUT2D eigenvalue weighted by atomic mass is 10.2. The van der Waals surface area contributed by atoms with E-state index in [1.165, 1.54) is 6.07 Å². The van der Waals surface area contributed by atoms with Crippen molar-refractivity contribution >= 4 is 0 Å². The predicted molar refractivity (Wildman–Crippen MR) is 54.2 cm³/mol. The first-order valence-electron chi connectivity index (χ1n) is 4.70. The van der Waals surface area contributed by atoms with Gasteiger partial charge in [0.15, 0.2) is 0 Å². The molecule has 0 spiro atoms. The zero-order valence-electron chi connectivity index (χ0n) is 8.84. The normalized spacial score (nSPS) is 11.2. The molecular weight excluding hydrogens is 219 g/mol. The monoisotopic (exact) mass is 231 g/mol. The SMILES string of the molecule is C=C(C)CCOc1ccc(C(F)(F)F)cn1. The lowest BCUT2D eigenvalue weighted by Gasteiger charge is -2.08. The fraction of sp³-hybridized carbons (Fsp3) is 0.364. The topological polar surface area (TPSA) is 22.1 Å². The molecule has 16 heavy (non-hydrogen) atoms. The van der Waals surface area contributed by atoms with Crippen molar-refractivity contribution in [1.29, 1.82) is 0 Å². The van der Waals surface area contributed by atoms with Crippen LogP contribution in [0, 0.1) is 0 Å². The molecule has 0 saturated heterocycles. The molecule has 0 bridgehead atoms. The number of alkyl halides is 3. The average molecular weight is 231 g/mol. The van der Waals surface area contributed by atoms with Gasteiger partial charge in [0.2, 0.25) is 5.88 Å². The molecule has 0 N–H and O–H groups in total. The van der Waals surface area contributed by atoms with Gasteiger partial charge < -0.3 is 4.74 Å². The van der Waals surface area contributed by atoms with Crippen molar-refractivity contribution in [3.05, 3.63) is 36.0 Å². The Morgan fingerprint density at radius 3 is 2.56 bits per heavy atom. The van der Waals surface area contributed by atoms with Crippen LogP contribution in [0.15, 0.2) is 30.5 Å². The van der Waals surface area contributed by atoms with E-state index in [9.17, 15) is 13.2 Å². The predicted octanol–water partition coefficient (Wildman–Crippen LogP) is 3.45. The van der Waals surface area contributed by atoms with E-state index in [4.69, 9.17) is 4.74 Å². The standard InChI is InChI=1S/C11H12F3NO/c1-8(2)5-6-16-10-4-3-9(7-15-10)11(12,13)14/h3-4,7H,1,5-6H2,2H3. The van der Waals surface area contributed by atoms with E-state index in [1.54, 1.807) is 0 Å². The Balaban J connectivity index is 2.55. The van der Waals surface area contributed by atoms with Crippen molar-refractivity contribution in [3.63, 3.8) is 0 Å². The van der Waals surface area contributed by atoms with Gasteiger partial charge in [-0.2, -0.15) is 13.2 Å². The van der Waals surface area contributed by atoms with Crippen LogP contribution in [-0.2, 0) is 6.18 Å². The van der Waals surface area contributed by atoms with E-state index in [1.807, 2.05) is 6.92 Å². The van der Waals surface area contributed by atoms with Crippen LogP contribution in [-0.4, -0.2) is 11.6 Å². The highest BCUT2D eigenvalue weighted by atomic mass is 19.4. The van der Waals surface area contributed by atoms with Gasteiger partial charge in [-0.25, -0.2) is 4.98 Å². The Morgan fingerprint density at radius 1 is 1.44 bits per heavy atom. The first kappa shape index (κ1) is 12.5. The van der Waals surface area contributed by atoms with Crippen molar-refractivity contribution in [2.24, 2.45) is 0 Å². The minimum absolute atomic E-state index is 0.189. The molecule has 1 rings (SSSR count). The van der Waals surface area contributed by atoms with Gasteiger partial charge in [0, 0.05) is 18.7 Å². The molecule has 0 aliphatic rings. The molecule has 0 radical (unpaired) electrons. The van der Waals surface area contributed by atoms with Crippen LogP contribution >= 0.6 is 0 Å². The number of rotatable bonds is 4. The van der Waals surface area contributed by atoms with E-state index in [-0.39, 0.29) is 5.88 Å². The van der Waals surface area contributed by atoms with Gasteiger partial charge in [-0.1, -0.05) is 5.57 Å². The first-order valence-corrected chi connectivity index (χ1v) is 4.70. The summed E-state index contributed by atoms with van der Waals surface area (Å²) >= 11 is 0. The van der Waals surface area contributed by atoms with Gasteiger partial charge in [0.25, 0.3) is 0 Å². The van der Waals surface area contributed by atoms with Crippen LogP contribution in [0.2, 0.25) is 0 Å². The van der Waals surface area contributed by atoms with Gasteiger partial charge in [-0.3, -0.25) is 0 Å². The highest BCUT2D eigenvalue weighted by Crippen LogP contribution is 2.29. The smallest absolute Gasteiger partial charge is 0.417 e. The van der Waals surface area contributed by atoms with Crippen LogP contribution in [0.1, 0.15) is 18.9 Å². The van der Waals surface area contributed by atoms with Crippen LogP contribution in [0.4, 0.5) is 13.2 Å². The van der Waals surface area contributed by atoms with Gasteiger partial charge in [0.05, 0.1) is 12.2 Å². The fourth-order valence-electron chi connectivity index (χ4n) is 0.963. The van der Waals surface area contributed by atoms with E-state index >= 15 is 0 Å². The Morgan fingerprint density at radius 2 is 2.12 bits per heavy atom. The number of hydrogen-bond donors (Lipinski definition) is 0. The Bertz CT molecular complexity index is 356. The van der Waals surface area contributed by atoms with E-state index < -0.39 is 11.7 Å². The maximum atomic E-state index is 12.2. The van der Waals surface area contributed by atoms with Crippen LogP contribution < -0.4 is 4.74 Å². The Kier molecular flexibility index (Phi) is 3.93. The maximum absolute atomic E-state index is 12.2. The Labute approximate surface area is 91.8 Å². The number of nitrogens with zero attached hydrogens (tertiary/aromatic N) is 1. The number of aromatic nitrogens is 1. The van der Waals surface area contributed by atoms with Crippen molar-refractivity contribution in [2.75, 3.05) is 6.61 Å². The summed E-state index contributed by atoms with van der Waals surface area (Å²) in [6, 6.07) is 2.16. The lowest BCUT2D eigenvalue weighted by molar-refractivity contribution is -0.137. The van der Waals surface area contributed by atoms with Crippen molar-refractivity contribution < 1.29 is 17.9 Å². The quantitative estimate of drug-likeness (QED) is 0.740. The zero-order chi connectivity index (χ0) is 12.2. The number of halogens is 3. The molecule has 0 amide bonds. The second-order valence-electron chi connectivity index (χ2n) is 3.44. The number of pyridine rings is 1. The van der Waals surface area contributed by atoms with Crippen molar-refractivity contribution in [2.45, 2.75) is 19.5 Å². The third-order valence-corrected chi connectivity index (χ3v) is 1.84. The van der Waals surface area contributed by atoms with Crippen LogP contribution in [0.5, 0.6) is 5.88 Å². The molecule has 0 aliphatic carbocycles.